The standard InChI is InChI=1S/C12H12Cl2F3NO/c1-2-10-6-11(19-18-10,12(15,16)17)7-3-8(13)5-9(14)4-7/h3,5,7H,2,4,6H2,1H3/t7?,11-/m1/s1. The van der Waals surface area contributed by atoms with E-state index in [-0.39, 0.29) is 22.9 Å². The maximum absolute atomic E-state index is 13.4. The highest BCUT2D eigenvalue weighted by atomic mass is 35.5. The van der Waals surface area contributed by atoms with E-state index in [1.165, 1.54) is 12.2 Å². The minimum Gasteiger partial charge on any atom is -0.379 e. The van der Waals surface area contributed by atoms with Crippen LogP contribution >= 0.6 is 23.2 Å². The molecule has 0 N–H and O–H groups in total. The van der Waals surface area contributed by atoms with Crippen molar-refractivity contribution in [2.75, 3.05) is 0 Å². The van der Waals surface area contributed by atoms with Gasteiger partial charge in [-0.2, -0.15) is 13.2 Å². The van der Waals surface area contributed by atoms with E-state index in [0.29, 0.717) is 12.1 Å². The molecule has 106 valence electrons. The van der Waals surface area contributed by atoms with Crippen molar-refractivity contribution >= 4 is 28.9 Å². The predicted molar refractivity (Wildman–Crippen MR) is 68.2 cm³/mol. The molecule has 2 nitrogen and oxygen atoms in total. The lowest BCUT2D eigenvalue weighted by molar-refractivity contribution is -0.282. The first-order chi connectivity index (χ1) is 8.78. The lowest BCUT2D eigenvalue weighted by Crippen LogP contribution is -2.51. The van der Waals surface area contributed by atoms with Crippen LogP contribution in [0.25, 0.3) is 0 Å². The summed E-state index contributed by atoms with van der Waals surface area (Å²) in [5.41, 5.74) is -1.96. The zero-order valence-corrected chi connectivity index (χ0v) is 11.6. The Hall–Kier alpha value is -0.680. The summed E-state index contributed by atoms with van der Waals surface area (Å²) in [6.45, 7) is 1.74. The third-order valence-corrected chi connectivity index (χ3v) is 3.86. The molecule has 0 fully saturated rings. The molecule has 2 atom stereocenters. The van der Waals surface area contributed by atoms with Crippen LogP contribution in [-0.2, 0) is 4.84 Å². The molecule has 1 aliphatic heterocycles. The van der Waals surface area contributed by atoms with Gasteiger partial charge < -0.3 is 4.84 Å². The quantitative estimate of drug-likeness (QED) is 0.721. The van der Waals surface area contributed by atoms with E-state index in [0.717, 1.165) is 0 Å². The number of allylic oxidation sites excluding steroid dienone is 3. The number of hydrogen-bond acceptors (Lipinski definition) is 2. The number of hydrogen-bond donors (Lipinski definition) is 0. The molecule has 0 aromatic rings. The van der Waals surface area contributed by atoms with Gasteiger partial charge in [0.25, 0.3) is 0 Å². The number of halogens is 5. The summed E-state index contributed by atoms with van der Waals surface area (Å²) < 4.78 is 40.3. The Morgan fingerprint density at radius 1 is 1.47 bits per heavy atom. The first-order valence-corrected chi connectivity index (χ1v) is 6.58. The number of rotatable bonds is 2. The fourth-order valence-electron chi connectivity index (χ4n) is 2.28. The monoisotopic (exact) mass is 313 g/mol. The fraction of sp³-hybridized carbons (Fsp3) is 0.583. The molecule has 7 heteroatoms. The molecular formula is C12H12Cl2F3NO. The highest BCUT2D eigenvalue weighted by Crippen LogP contribution is 2.50. The van der Waals surface area contributed by atoms with Gasteiger partial charge in [-0.25, -0.2) is 0 Å². The average Bonchev–Trinajstić information content (AvgIpc) is 2.72. The molecule has 0 bridgehead atoms. The van der Waals surface area contributed by atoms with Crippen molar-refractivity contribution in [2.45, 2.75) is 38.0 Å². The lowest BCUT2D eigenvalue weighted by atomic mass is 9.78. The first-order valence-electron chi connectivity index (χ1n) is 5.82. The summed E-state index contributed by atoms with van der Waals surface area (Å²) in [6.07, 6.45) is -1.56. The second kappa shape index (κ2) is 5.02. The van der Waals surface area contributed by atoms with Crippen LogP contribution in [0.2, 0.25) is 0 Å². The van der Waals surface area contributed by atoms with Crippen molar-refractivity contribution in [3.8, 4) is 0 Å². The molecule has 0 aromatic heterocycles. The lowest BCUT2D eigenvalue weighted by Gasteiger charge is -2.36. The summed E-state index contributed by atoms with van der Waals surface area (Å²) in [5, 5.41) is 4.04. The van der Waals surface area contributed by atoms with Crippen molar-refractivity contribution in [3.63, 3.8) is 0 Å². The van der Waals surface area contributed by atoms with Crippen molar-refractivity contribution < 1.29 is 18.0 Å². The van der Waals surface area contributed by atoms with E-state index in [4.69, 9.17) is 28.0 Å². The third kappa shape index (κ3) is 2.63. The van der Waals surface area contributed by atoms with Crippen LogP contribution in [-0.4, -0.2) is 17.5 Å². The van der Waals surface area contributed by atoms with Crippen LogP contribution in [0, 0.1) is 5.92 Å². The minimum absolute atomic E-state index is 0.0454. The average molecular weight is 314 g/mol. The second-order valence-corrected chi connectivity index (χ2v) is 5.54. The number of oxime groups is 1. The Morgan fingerprint density at radius 3 is 2.63 bits per heavy atom. The van der Waals surface area contributed by atoms with Gasteiger partial charge in [0.2, 0.25) is 5.60 Å². The summed E-state index contributed by atoms with van der Waals surface area (Å²) >= 11 is 11.6. The molecule has 0 amide bonds. The Balaban J connectivity index is 2.35. The van der Waals surface area contributed by atoms with E-state index in [9.17, 15) is 13.2 Å². The Bertz CT molecular complexity index is 470. The van der Waals surface area contributed by atoms with Crippen molar-refractivity contribution in [2.24, 2.45) is 11.1 Å². The molecule has 0 aromatic carbocycles. The molecule has 0 radical (unpaired) electrons. The van der Waals surface area contributed by atoms with E-state index in [2.05, 4.69) is 5.16 Å². The second-order valence-electron chi connectivity index (χ2n) is 4.62. The van der Waals surface area contributed by atoms with Gasteiger partial charge in [0.05, 0.1) is 5.71 Å². The van der Waals surface area contributed by atoms with Gasteiger partial charge in [-0.3, -0.25) is 0 Å². The molecule has 2 aliphatic rings. The van der Waals surface area contributed by atoms with Crippen LogP contribution in [0.4, 0.5) is 13.2 Å². The molecule has 0 saturated carbocycles. The molecule has 1 aliphatic carbocycles. The Labute approximate surface area is 118 Å². The van der Waals surface area contributed by atoms with Crippen molar-refractivity contribution in [1.82, 2.24) is 0 Å². The third-order valence-electron chi connectivity index (χ3n) is 3.36. The summed E-state index contributed by atoms with van der Waals surface area (Å²) in [6, 6.07) is 0. The fourth-order valence-corrected chi connectivity index (χ4v) is 2.90. The highest BCUT2D eigenvalue weighted by Gasteiger charge is 2.64. The van der Waals surface area contributed by atoms with E-state index < -0.39 is 17.7 Å². The molecule has 2 rings (SSSR count). The summed E-state index contributed by atoms with van der Waals surface area (Å²) in [7, 11) is 0. The molecule has 0 saturated heterocycles. The maximum atomic E-state index is 13.4. The highest BCUT2D eigenvalue weighted by molar-refractivity contribution is 6.34. The molecular weight excluding hydrogens is 302 g/mol. The Kier molecular flexibility index (Phi) is 3.89. The molecule has 0 spiro atoms. The predicted octanol–water partition coefficient (Wildman–Crippen LogP) is 4.74. The smallest absolute Gasteiger partial charge is 0.379 e. The van der Waals surface area contributed by atoms with E-state index in [1.807, 2.05) is 0 Å². The van der Waals surface area contributed by atoms with Crippen LogP contribution in [0.1, 0.15) is 26.2 Å². The van der Waals surface area contributed by atoms with E-state index in [1.54, 1.807) is 6.92 Å². The largest absolute Gasteiger partial charge is 0.431 e. The molecule has 19 heavy (non-hydrogen) atoms. The van der Waals surface area contributed by atoms with E-state index >= 15 is 0 Å². The SMILES string of the molecule is CCC1=NO[C@](C2C=C(Cl)C=C(Cl)C2)(C(F)(F)F)C1. The zero-order valence-electron chi connectivity index (χ0n) is 10.1. The van der Waals surface area contributed by atoms with Gasteiger partial charge in [0, 0.05) is 22.4 Å². The molecule has 1 heterocycles. The topological polar surface area (TPSA) is 21.6 Å². The van der Waals surface area contributed by atoms with Crippen LogP contribution < -0.4 is 0 Å². The van der Waals surface area contributed by atoms with Crippen LogP contribution in [0.15, 0.2) is 27.4 Å². The zero-order chi connectivity index (χ0) is 14.3. The van der Waals surface area contributed by atoms with Crippen LogP contribution in [0.3, 0.4) is 0 Å². The number of alkyl halides is 3. The summed E-state index contributed by atoms with van der Waals surface area (Å²) in [5.74, 6) is -0.967. The van der Waals surface area contributed by atoms with Crippen molar-refractivity contribution in [3.05, 3.63) is 22.2 Å². The Morgan fingerprint density at radius 2 is 2.16 bits per heavy atom. The number of nitrogens with zero attached hydrogens (tertiary/aromatic N) is 1. The van der Waals surface area contributed by atoms with Gasteiger partial charge in [-0.15, -0.1) is 0 Å². The van der Waals surface area contributed by atoms with Gasteiger partial charge in [-0.1, -0.05) is 41.4 Å². The van der Waals surface area contributed by atoms with Gasteiger partial charge >= 0.3 is 6.18 Å². The van der Waals surface area contributed by atoms with Crippen LogP contribution in [0.5, 0.6) is 0 Å². The molecule has 1 unspecified atom stereocenters. The van der Waals surface area contributed by atoms with Gasteiger partial charge in [-0.05, 0) is 18.9 Å². The maximum Gasteiger partial charge on any atom is 0.431 e. The minimum atomic E-state index is -4.54. The first kappa shape index (κ1) is 14.7. The summed E-state index contributed by atoms with van der Waals surface area (Å²) in [4.78, 5) is 4.82. The van der Waals surface area contributed by atoms with Gasteiger partial charge in [0.15, 0.2) is 0 Å². The normalized spacial score (nSPS) is 31.5. The van der Waals surface area contributed by atoms with Gasteiger partial charge in [0.1, 0.15) is 0 Å². The van der Waals surface area contributed by atoms with Crippen molar-refractivity contribution in [1.29, 1.82) is 0 Å².